The van der Waals surface area contributed by atoms with E-state index in [-0.39, 0.29) is 5.91 Å². The lowest BCUT2D eigenvalue weighted by Crippen LogP contribution is -2.06. The molecule has 0 saturated heterocycles. The third-order valence-corrected chi connectivity index (χ3v) is 4.86. The van der Waals surface area contributed by atoms with Crippen molar-refractivity contribution in [1.29, 1.82) is 0 Å². The molecule has 21 heavy (non-hydrogen) atoms. The Morgan fingerprint density at radius 2 is 1.43 bits per heavy atom. The van der Waals surface area contributed by atoms with Crippen LogP contribution < -0.4 is 5.32 Å². The molecule has 0 aliphatic heterocycles. The average Bonchev–Trinajstić information content (AvgIpc) is 2.47. The zero-order chi connectivity index (χ0) is 14.6. The van der Waals surface area contributed by atoms with Crippen molar-refractivity contribution in [2.45, 2.75) is 6.92 Å². The van der Waals surface area contributed by atoms with Crippen LogP contribution in [0.2, 0.25) is 0 Å². The van der Waals surface area contributed by atoms with Gasteiger partial charge in [0.2, 0.25) is 5.91 Å². The lowest BCUT2D eigenvalue weighted by Gasteiger charge is -2.14. The standard InChI is InChI=1S/C18H12INO/c1-10(21)20-16-9-5-12-2-6-13-15(19)8-4-11-3-7-14(16)18(12)17(11)13/h2-9H,1H3,(H,20,21). The Balaban J connectivity index is 2.24. The molecule has 4 rings (SSSR count). The first-order chi connectivity index (χ1) is 10.1. The average molecular weight is 385 g/mol. The van der Waals surface area contributed by atoms with E-state index in [4.69, 9.17) is 0 Å². The van der Waals surface area contributed by atoms with Gasteiger partial charge in [-0.15, -0.1) is 0 Å². The first-order valence-corrected chi connectivity index (χ1v) is 7.86. The van der Waals surface area contributed by atoms with Crippen LogP contribution in [0.1, 0.15) is 6.92 Å². The lowest BCUT2D eigenvalue weighted by atomic mass is 9.93. The minimum absolute atomic E-state index is 0.0420. The molecule has 3 heteroatoms. The summed E-state index contributed by atoms with van der Waals surface area (Å²) in [5, 5.41) is 10.3. The highest BCUT2D eigenvalue weighted by Gasteiger charge is 2.12. The molecule has 0 atom stereocenters. The van der Waals surface area contributed by atoms with E-state index >= 15 is 0 Å². The highest BCUT2D eigenvalue weighted by molar-refractivity contribution is 14.1. The Kier molecular flexibility index (Phi) is 2.79. The summed E-state index contributed by atoms with van der Waals surface area (Å²) in [6.45, 7) is 1.54. The Bertz CT molecular complexity index is 1010. The van der Waals surface area contributed by atoms with Gasteiger partial charge in [-0.3, -0.25) is 4.79 Å². The van der Waals surface area contributed by atoms with Gasteiger partial charge in [-0.05, 0) is 61.7 Å². The topological polar surface area (TPSA) is 29.1 Å². The number of hydrogen-bond donors (Lipinski definition) is 1. The SMILES string of the molecule is CC(=O)Nc1ccc2ccc3c(I)ccc4ccc1c2c43. The largest absolute Gasteiger partial charge is 0.326 e. The van der Waals surface area contributed by atoms with Gasteiger partial charge in [0.1, 0.15) is 0 Å². The fraction of sp³-hybridized carbons (Fsp3) is 0.0556. The molecular formula is C18H12INO. The zero-order valence-corrected chi connectivity index (χ0v) is 13.6. The summed E-state index contributed by atoms with van der Waals surface area (Å²) >= 11 is 2.38. The first kappa shape index (κ1) is 12.8. The monoisotopic (exact) mass is 385 g/mol. The predicted octanol–water partition coefficient (Wildman–Crippen LogP) is 5.15. The van der Waals surface area contributed by atoms with Crippen molar-refractivity contribution in [3.05, 3.63) is 52.1 Å². The third-order valence-electron chi connectivity index (χ3n) is 3.92. The second-order valence-electron chi connectivity index (χ2n) is 5.26. The smallest absolute Gasteiger partial charge is 0.221 e. The predicted molar refractivity (Wildman–Crippen MR) is 97.2 cm³/mol. The van der Waals surface area contributed by atoms with Crippen LogP contribution in [0, 0.1) is 3.57 Å². The molecule has 0 unspecified atom stereocenters. The first-order valence-electron chi connectivity index (χ1n) is 6.79. The number of benzene rings is 4. The molecule has 4 aromatic rings. The highest BCUT2D eigenvalue weighted by atomic mass is 127. The van der Waals surface area contributed by atoms with Gasteiger partial charge < -0.3 is 5.32 Å². The van der Waals surface area contributed by atoms with Crippen LogP contribution in [-0.2, 0) is 4.79 Å². The number of carbonyl (C=O) groups excluding carboxylic acids is 1. The molecule has 0 fully saturated rings. The van der Waals surface area contributed by atoms with Crippen LogP contribution in [0.5, 0.6) is 0 Å². The molecular weight excluding hydrogens is 373 g/mol. The van der Waals surface area contributed by atoms with E-state index in [2.05, 4.69) is 70.4 Å². The molecule has 0 bridgehead atoms. The summed E-state index contributed by atoms with van der Waals surface area (Å²) in [5.41, 5.74) is 0.878. The maximum absolute atomic E-state index is 11.4. The molecule has 2 nitrogen and oxygen atoms in total. The second-order valence-corrected chi connectivity index (χ2v) is 6.43. The van der Waals surface area contributed by atoms with Crippen molar-refractivity contribution in [2.24, 2.45) is 0 Å². The summed E-state index contributed by atoms with van der Waals surface area (Å²) in [6, 6.07) is 16.9. The van der Waals surface area contributed by atoms with E-state index in [1.165, 1.54) is 30.5 Å². The van der Waals surface area contributed by atoms with Crippen LogP contribution in [0.15, 0.2) is 48.5 Å². The van der Waals surface area contributed by atoms with Gasteiger partial charge in [-0.25, -0.2) is 0 Å². The maximum Gasteiger partial charge on any atom is 0.221 e. The van der Waals surface area contributed by atoms with Gasteiger partial charge in [-0.2, -0.15) is 0 Å². The van der Waals surface area contributed by atoms with E-state index in [0.717, 1.165) is 11.1 Å². The maximum atomic E-state index is 11.4. The molecule has 0 aliphatic rings. The molecule has 0 aromatic heterocycles. The van der Waals surface area contributed by atoms with Crippen molar-refractivity contribution < 1.29 is 4.79 Å². The van der Waals surface area contributed by atoms with E-state index in [9.17, 15) is 4.79 Å². The molecule has 0 radical (unpaired) electrons. The minimum atomic E-state index is -0.0420. The molecule has 1 amide bonds. The fourth-order valence-corrected chi connectivity index (χ4v) is 3.69. The second kappa shape index (κ2) is 4.56. The number of amides is 1. The number of rotatable bonds is 1. The van der Waals surface area contributed by atoms with Crippen molar-refractivity contribution in [2.75, 3.05) is 5.32 Å². The summed E-state index contributed by atoms with van der Waals surface area (Å²) in [5.74, 6) is -0.0420. The zero-order valence-electron chi connectivity index (χ0n) is 11.4. The van der Waals surface area contributed by atoms with Gasteiger partial charge in [0.05, 0.1) is 0 Å². The molecule has 0 spiro atoms. The number of hydrogen-bond acceptors (Lipinski definition) is 1. The van der Waals surface area contributed by atoms with Gasteiger partial charge in [0.15, 0.2) is 0 Å². The summed E-state index contributed by atoms with van der Waals surface area (Å²) in [7, 11) is 0. The van der Waals surface area contributed by atoms with Crippen molar-refractivity contribution >= 4 is 66.5 Å². The molecule has 0 saturated carbocycles. The minimum Gasteiger partial charge on any atom is -0.326 e. The number of halogens is 1. The van der Waals surface area contributed by atoms with Crippen LogP contribution >= 0.6 is 22.6 Å². The van der Waals surface area contributed by atoms with E-state index in [1.54, 1.807) is 6.92 Å². The third kappa shape index (κ3) is 1.87. The summed E-state index contributed by atoms with van der Waals surface area (Å²) < 4.78 is 1.25. The van der Waals surface area contributed by atoms with E-state index in [1.807, 2.05) is 6.07 Å². The molecule has 102 valence electrons. The Morgan fingerprint density at radius 1 is 0.857 bits per heavy atom. The van der Waals surface area contributed by atoms with Crippen molar-refractivity contribution in [3.8, 4) is 0 Å². The van der Waals surface area contributed by atoms with Gasteiger partial charge in [0.25, 0.3) is 0 Å². The fourth-order valence-electron chi connectivity index (χ4n) is 3.06. The Hall–Kier alpha value is -1.88. The highest BCUT2D eigenvalue weighted by Crippen LogP contribution is 2.39. The van der Waals surface area contributed by atoms with E-state index in [0.29, 0.717) is 0 Å². The van der Waals surface area contributed by atoms with Crippen molar-refractivity contribution in [1.82, 2.24) is 0 Å². The lowest BCUT2D eigenvalue weighted by molar-refractivity contribution is -0.114. The summed E-state index contributed by atoms with van der Waals surface area (Å²) in [6.07, 6.45) is 0. The van der Waals surface area contributed by atoms with Crippen LogP contribution in [0.25, 0.3) is 32.3 Å². The van der Waals surface area contributed by atoms with Gasteiger partial charge in [0, 0.05) is 21.6 Å². The number of anilines is 1. The molecule has 0 heterocycles. The quantitative estimate of drug-likeness (QED) is 0.357. The number of nitrogens with one attached hydrogen (secondary N) is 1. The molecule has 4 aromatic carbocycles. The van der Waals surface area contributed by atoms with Gasteiger partial charge >= 0.3 is 0 Å². The van der Waals surface area contributed by atoms with Crippen LogP contribution in [-0.4, -0.2) is 5.91 Å². The molecule has 0 aliphatic carbocycles. The van der Waals surface area contributed by atoms with Crippen molar-refractivity contribution in [3.63, 3.8) is 0 Å². The van der Waals surface area contributed by atoms with Gasteiger partial charge in [-0.1, -0.05) is 36.4 Å². The van der Waals surface area contributed by atoms with E-state index < -0.39 is 0 Å². The molecule has 1 N–H and O–H groups in total. The normalized spacial score (nSPS) is 11.5. The summed E-state index contributed by atoms with van der Waals surface area (Å²) in [4.78, 5) is 11.4. The van der Waals surface area contributed by atoms with Crippen LogP contribution in [0.3, 0.4) is 0 Å². The van der Waals surface area contributed by atoms with Crippen LogP contribution in [0.4, 0.5) is 5.69 Å². The Labute approximate surface area is 135 Å². The Morgan fingerprint density at radius 3 is 2.14 bits per heavy atom. The number of carbonyl (C=O) groups is 1.